The predicted molar refractivity (Wildman–Crippen MR) is 64.0 cm³/mol. The van der Waals surface area contributed by atoms with Gasteiger partial charge in [-0.05, 0) is 54.4 Å². The molecule has 1 fully saturated rings. The number of rotatable bonds is 4. The molecule has 0 bridgehead atoms. The van der Waals surface area contributed by atoms with E-state index in [4.69, 9.17) is 0 Å². The Morgan fingerprint density at radius 3 is 2.62 bits per heavy atom. The molecule has 16 heavy (non-hydrogen) atoms. The highest BCUT2D eigenvalue weighted by Crippen LogP contribution is 2.38. The molecule has 0 aliphatic heterocycles. The zero-order valence-electron chi connectivity index (χ0n) is 9.86. The number of hydrogen-bond acceptors (Lipinski definition) is 2. The van der Waals surface area contributed by atoms with Crippen LogP contribution in [-0.2, 0) is 6.42 Å². The third kappa shape index (κ3) is 2.26. The van der Waals surface area contributed by atoms with Crippen LogP contribution in [0.3, 0.4) is 0 Å². The van der Waals surface area contributed by atoms with Crippen LogP contribution in [-0.4, -0.2) is 11.4 Å². The van der Waals surface area contributed by atoms with Crippen molar-refractivity contribution in [2.45, 2.75) is 39.0 Å². The Kier molecular flexibility index (Phi) is 2.99. The summed E-state index contributed by atoms with van der Waals surface area (Å²) in [4.78, 5) is 10.9. The van der Waals surface area contributed by atoms with Crippen LogP contribution >= 0.6 is 0 Å². The van der Waals surface area contributed by atoms with Crippen molar-refractivity contribution in [1.29, 1.82) is 0 Å². The third-order valence-corrected chi connectivity index (χ3v) is 3.20. The van der Waals surface area contributed by atoms with Crippen LogP contribution in [0, 0.1) is 5.92 Å². The number of aldehydes is 1. The Balaban J connectivity index is 2.40. The van der Waals surface area contributed by atoms with Crippen molar-refractivity contribution in [2.75, 3.05) is 0 Å². The first-order valence-electron chi connectivity index (χ1n) is 5.92. The summed E-state index contributed by atoms with van der Waals surface area (Å²) in [5, 5.41) is 10.1. The van der Waals surface area contributed by atoms with Gasteiger partial charge in [-0.1, -0.05) is 13.8 Å². The first-order valence-corrected chi connectivity index (χ1v) is 5.92. The minimum absolute atomic E-state index is 0.248. The second-order valence-electron chi connectivity index (χ2n) is 5.04. The van der Waals surface area contributed by atoms with E-state index in [-0.39, 0.29) is 5.92 Å². The number of benzene rings is 1. The second kappa shape index (κ2) is 4.28. The maximum atomic E-state index is 10.9. The lowest BCUT2D eigenvalue weighted by molar-refractivity contribution is 0.112. The van der Waals surface area contributed by atoms with E-state index >= 15 is 0 Å². The number of carbonyl (C=O) groups is 1. The van der Waals surface area contributed by atoms with Gasteiger partial charge in [0.1, 0.15) is 12.0 Å². The van der Waals surface area contributed by atoms with Crippen LogP contribution in [0.25, 0.3) is 0 Å². The normalized spacial score (nSPS) is 15.4. The lowest BCUT2D eigenvalue weighted by Crippen LogP contribution is -1.97. The fourth-order valence-corrected chi connectivity index (χ4v) is 2.04. The van der Waals surface area contributed by atoms with Gasteiger partial charge in [-0.25, -0.2) is 0 Å². The smallest absolute Gasteiger partial charge is 0.150 e. The van der Waals surface area contributed by atoms with Crippen LogP contribution in [0.1, 0.15) is 54.1 Å². The van der Waals surface area contributed by atoms with Crippen LogP contribution < -0.4 is 0 Å². The lowest BCUT2D eigenvalue weighted by Gasteiger charge is -2.13. The van der Waals surface area contributed by atoms with E-state index in [2.05, 4.69) is 0 Å². The Hall–Kier alpha value is -1.31. The molecule has 0 heterocycles. The molecule has 0 atom stereocenters. The summed E-state index contributed by atoms with van der Waals surface area (Å²) in [6.07, 6.45) is 4.28. The summed E-state index contributed by atoms with van der Waals surface area (Å²) in [5.74, 6) is 1.36. The molecule has 0 saturated heterocycles. The molecule has 0 amide bonds. The van der Waals surface area contributed by atoms with E-state index in [0.29, 0.717) is 17.2 Å². The van der Waals surface area contributed by atoms with Gasteiger partial charge in [0.25, 0.3) is 0 Å². The van der Waals surface area contributed by atoms with Crippen molar-refractivity contribution in [3.8, 4) is 5.75 Å². The van der Waals surface area contributed by atoms with Gasteiger partial charge >= 0.3 is 0 Å². The van der Waals surface area contributed by atoms with Gasteiger partial charge in [0, 0.05) is 5.56 Å². The average Bonchev–Trinajstić information content (AvgIpc) is 3.04. The second-order valence-corrected chi connectivity index (χ2v) is 5.04. The molecule has 0 aromatic heterocycles. The quantitative estimate of drug-likeness (QED) is 0.787. The van der Waals surface area contributed by atoms with Crippen LogP contribution in [0.2, 0.25) is 0 Å². The van der Waals surface area contributed by atoms with E-state index in [1.165, 1.54) is 12.8 Å². The summed E-state index contributed by atoms with van der Waals surface area (Å²) >= 11 is 0. The summed E-state index contributed by atoms with van der Waals surface area (Å²) in [7, 11) is 0. The topological polar surface area (TPSA) is 37.3 Å². The van der Waals surface area contributed by atoms with Gasteiger partial charge in [0.2, 0.25) is 0 Å². The monoisotopic (exact) mass is 218 g/mol. The van der Waals surface area contributed by atoms with Crippen molar-refractivity contribution in [1.82, 2.24) is 0 Å². The summed E-state index contributed by atoms with van der Waals surface area (Å²) in [6.45, 7) is 4.06. The van der Waals surface area contributed by atoms with Crippen molar-refractivity contribution >= 4 is 6.29 Å². The largest absolute Gasteiger partial charge is 0.507 e. The minimum atomic E-state index is 0.248. The number of aromatic hydroxyl groups is 1. The van der Waals surface area contributed by atoms with Gasteiger partial charge < -0.3 is 5.11 Å². The fraction of sp³-hybridized carbons (Fsp3) is 0.500. The zero-order chi connectivity index (χ0) is 11.7. The molecule has 0 unspecified atom stereocenters. The predicted octanol–water partition coefficient (Wildman–Crippen LogP) is 3.28. The molecule has 1 aliphatic carbocycles. The third-order valence-electron chi connectivity index (χ3n) is 3.20. The number of phenols is 1. The summed E-state index contributed by atoms with van der Waals surface area (Å²) < 4.78 is 0. The number of hydrogen-bond donors (Lipinski definition) is 1. The highest BCUT2D eigenvalue weighted by Gasteiger charge is 2.24. The maximum Gasteiger partial charge on any atom is 0.150 e. The number of carbonyl (C=O) groups excluding carboxylic acids is 1. The van der Waals surface area contributed by atoms with Gasteiger partial charge in [0.05, 0.1) is 0 Å². The Labute approximate surface area is 96.3 Å². The van der Waals surface area contributed by atoms with Crippen molar-refractivity contribution in [2.24, 2.45) is 5.92 Å². The van der Waals surface area contributed by atoms with Crippen LogP contribution in [0.4, 0.5) is 0 Å². The average molecular weight is 218 g/mol. The molecule has 1 aliphatic rings. The van der Waals surface area contributed by atoms with Gasteiger partial charge in [-0.3, -0.25) is 4.79 Å². The molecular weight excluding hydrogens is 200 g/mol. The van der Waals surface area contributed by atoms with Crippen molar-refractivity contribution in [3.05, 3.63) is 28.8 Å². The maximum absolute atomic E-state index is 10.9. The molecule has 2 nitrogen and oxygen atoms in total. The minimum Gasteiger partial charge on any atom is -0.507 e. The molecule has 0 radical (unpaired) electrons. The molecule has 0 spiro atoms. The molecule has 1 aromatic carbocycles. The first-order chi connectivity index (χ1) is 7.61. The van der Waals surface area contributed by atoms with E-state index in [1.54, 1.807) is 6.07 Å². The van der Waals surface area contributed by atoms with Crippen LogP contribution in [0.5, 0.6) is 5.75 Å². The fourth-order valence-electron chi connectivity index (χ4n) is 2.04. The molecule has 1 saturated carbocycles. The summed E-state index contributed by atoms with van der Waals surface area (Å²) in [5.41, 5.74) is 2.51. The van der Waals surface area contributed by atoms with Crippen LogP contribution in [0.15, 0.2) is 12.1 Å². The van der Waals surface area contributed by atoms with Crippen molar-refractivity contribution in [3.63, 3.8) is 0 Å². The molecule has 1 aromatic rings. The lowest BCUT2D eigenvalue weighted by atomic mass is 9.94. The standard InChI is InChI=1S/C14H18O2/c1-9(2)13-7-11(8-15)6-12(14(13)16)5-10-3-4-10/h6-10,16H,3-5H2,1-2H3. The number of phenolic OH excluding ortho intramolecular Hbond substituents is 1. The Morgan fingerprint density at radius 2 is 2.12 bits per heavy atom. The van der Waals surface area contributed by atoms with E-state index < -0.39 is 0 Å². The van der Waals surface area contributed by atoms with E-state index in [9.17, 15) is 9.90 Å². The molecule has 2 rings (SSSR count). The summed E-state index contributed by atoms with van der Waals surface area (Å²) in [6, 6.07) is 3.62. The SMILES string of the molecule is CC(C)c1cc(C=O)cc(CC2CC2)c1O. The van der Waals surface area contributed by atoms with Gasteiger partial charge in [-0.15, -0.1) is 0 Å². The highest BCUT2D eigenvalue weighted by atomic mass is 16.3. The Morgan fingerprint density at radius 1 is 1.44 bits per heavy atom. The molecule has 86 valence electrons. The van der Waals surface area contributed by atoms with Gasteiger partial charge in [0.15, 0.2) is 0 Å². The van der Waals surface area contributed by atoms with E-state index in [0.717, 1.165) is 23.8 Å². The van der Waals surface area contributed by atoms with Gasteiger partial charge in [-0.2, -0.15) is 0 Å². The molecule has 1 N–H and O–H groups in total. The van der Waals surface area contributed by atoms with E-state index in [1.807, 2.05) is 19.9 Å². The Bertz CT molecular complexity index is 403. The molecule has 2 heteroatoms. The highest BCUT2D eigenvalue weighted by molar-refractivity contribution is 5.76. The van der Waals surface area contributed by atoms with Crippen molar-refractivity contribution < 1.29 is 9.90 Å². The zero-order valence-corrected chi connectivity index (χ0v) is 9.86. The first kappa shape index (κ1) is 11.2. The molecular formula is C14H18O2.